The van der Waals surface area contributed by atoms with E-state index in [-0.39, 0.29) is 29.8 Å². The third kappa shape index (κ3) is 3.84. The minimum Gasteiger partial charge on any atom is -0.465 e. The highest BCUT2D eigenvalue weighted by molar-refractivity contribution is 7.89. The Hall–Kier alpha value is -1.61. The van der Waals surface area contributed by atoms with Crippen LogP contribution in [0.3, 0.4) is 0 Å². The van der Waals surface area contributed by atoms with E-state index in [9.17, 15) is 26.4 Å². The van der Waals surface area contributed by atoms with Gasteiger partial charge in [-0.2, -0.15) is 17.5 Å². The minimum atomic E-state index is -4.41. The number of esters is 1. The second kappa shape index (κ2) is 6.48. The Morgan fingerprint density at radius 1 is 1.26 bits per heavy atom. The van der Waals surface area contributed by atoms with Crippen molar-refractivity contribution >= 4 is 16.0 Å². The number of ether oxygens (including phenoxy) is 1. The average Bonchev–Trinajstić information content (AvgIpc) is 2.53. The number of methoxy groups -OCH3 is 1. The van der Waals surface area contributed by atoms with Crippen molar-refractivity contribution in [2.45, 2.75) is 23.9 Å². The third-order valence-corrected chi connectivity index (χ3v) is 5.64. The van der Waals surface area contributed by atoms with Gasteiger partial charge in [-0.15, -0.1) is 0 Å². The molecule has 1 saturated heterocycles. The fourth-order valence-electron chi connectivity index (χ4n) is 2.46. The van der Waals surface area contributed by atoms with Crippen LogP contribution in [-0.2, 0) is 14.8 Å². The molecule has 1 aliphatic heterocycles. The molecule has 1 atom stereocenters. The maximum atomic E-state index is 12.8. The summed E-state index contributed by atoms with van der Waals surface area (Å²) in [7, 11) is -2.83. The molecule has 0 radical (unpaired) electrons. The van der Waals surface area contributed by atoms with Crippen molar-refractivity contribution in [3.05, 3.63) is 29.8 Å². The van der Waals surface area contributed by atoms with Crippen molar-refractivity contribution in [2.24, 2.45) is 5.92 Å². The van der Waals surface area contributed by atoms with Gasteiger partial charge in [0.25, 0.3) is 0 Å². The molecule has 5 nitrogen and oxygen atoms in total. The van der Waals surface area contributed by atoms with Crippen LogP contribution in [0.25, 0.3) is 0 Å². The molecule has 1 aliphatic rings. The quantitative estimate of drug-likeness (QED) is 0.785. The highest BCUT2D eigenvalue weighted by Crippen LogP contribution is 2.34. The number of hydrogen-bond acceptors (Lipinski definition) is 4. The van der Waals surface area contributed by atoms with Crippen molar-refractivity contribution in [3.8, 4) is 0 Å². The minimum absolute atomic E-state index is 0.0493. The Bertz CT molecular complexity index is 670. The normalized spacial score (nSPS) is 20.3. The lowest BCUT2D eigenvalue weighted by Gasteiger charge is -2.32. The summed E-state index contributed by atoms with van der Waals surface area (Å²) in [6.45, 7) is -0.530. The van der Waals surface area contributed by atoms with E-state index >= 15 is 0 Å². The zero-order valence-corrected chi connectivity index (χ0v) is 13.2. The summed E-state index contributed by atoms with van der Waals surface area (Å²) >= 11 is 0. The predicted molar refractivity (Wildman–Crippen MR) is 75.3 cm³/mol. The van der Waals surface area contributed by atoms with E-state index in [1.807, 2.05) is 0 Å². The number of benzene rings is 1. The number of halogens is 3. The Morgan fingerprint density at radius 3 is 2.39 bits per heavy atom. The Kier molecular flexibility index (Phi) is 5.00. The van der Waals surface area contributed by atoms with Gasteiger partial charge < -0.3 is 4.74 Å². The van der Waals surface area contributed by atoms with E-state index in [1.54, 1.807) is 0 Å². The molecule has 1 aromatic rings. The monoisotopic (exact) mass is 351 g/mol. The number of carbonyl (C=O) groups excluding carboxylic acids is 1. The number of sulfonamides is 1. The summed E-state index contributed by atoms with van der Waals surface area (Å²) in [4.78, 5) is 11.2. The second-order valence-electron chi connectivity index (χ2n) is 5.26. The fraction of sp³-hybridized carbons (Fsp3) is 0.500. The smallest absolute Gasteiger partial charge is 0.393 e. The van der Waals surface area contributed by atoms with Crippen LogP contribution in [0.15, 0.2) is 29.2 Å². The number of alkyl halides is 3. The molecule has 23 heavy (non-hydrogen) atoms. The van der Waals surface area contributed by atoms with Crippen molar-refractivity contribution in [1.29, 1.82) is 0 Å². The number of rotatable bonds is 3. The summed E-state index contributed by atoms with van der Waals surface area (Å²) in [5.74, 6) is -2.27. The van der Waals surface area contributed by atoms with E-state index in [0.29, 0.717) is 0 Å². The van der Waals surface area contributed by atoms with Gasteiger partial charge in [-0.3, -0.25) is 0 Å². The first-order valence-corrected chi connectivity index (χ1v) is 8.35. The molecule has 9 heteroatoms. The topological polar surface area (TPSA) is 63.7 Å². The number of nitrogens with zero attached hydrogens (tertiary/aromatic N) is 1. The number of carbonyl (C=O) groups is 1. The van der Waals surface area contributed by atoms with Crippen LogP contribution >= 0.6 is 0 Å². The van der Waals surface area contributed by atoms with Gasteiger partial charge in [-0.05, 0) is 37.1 Å². The van der Waals surface area contributed by atoms with Gasteiger partial charge in [-0.25, -0.2) is 13.2 Å². The summed E-state index contributed by atoms with van der Waals surface area (Å²) in [6.07, 6.45) is -4.33. The maximum Gasteiger partial charge on any atom is 0.393 e. The Balaban J connectivity index is 2.22. The third-order valence-electron chi connectivity index (χ3n) is 3.76. The molecule has 0 spiro atoms. The molecule has 1 fully saturated rings. The molecule has 0 unspecified atom stereocenters. The van der Waals surface area contributed by atoms with Crippen LogP contribution in [0.1, 0.15) is 23.2 Å². The summed E-state index contributed by atoms with van der Waals surface area (Å²) in [6, 6.07) is 4.92. The predicted octanol–water partition coefficient (Wildman–Crippen LogP) is 2.44. The molecular weight excluding hydrogens is 335 g/mol. The average molecular weight is 351 g/mol. The van der Waals surface area contributed by atoms with E-state index in [2.05, 4.69) is 4.74 Å². The highest BCUT2D eigenvalue weighted by atomic mass is 32.2. The van der Waals surface area contributed by atoms with Crippen molar-refractivity contribution in [1.82, 2.24) is 4.31 Å². The molecule has 0 aliphatic carbocycles. The second-order valence-corrected chi connectivity index (χ2v) is 7.20. The lowest BCUT2D eigenvalue weighted by atomic mass is 9.99. The SMILES string of the molecule is COC(=O)c1ccc(S(=O)(=O)N2CCC[C@@H](C(F)(F)F)C2)cc1. The molecule has 0 bridgehead atoms. The molecule has 1 heterocycles. The van der Waals surface area contributed by atoms with Crippen molar-refractivity contribution < 1.29 is 31.1 Å². The van der Waals surface area contributed by atoms with Crippen LogP contribution < -0.4 is 0 Å². The van der Waals surface area contributed by atoms with Crippen LogP contribution in [0.4, 0.5) is 13.2 Å². The zero-order chi connectivity index (χ0) is 17.3. The fourth-order valence-corrected chi connectivity index (χ4v) is 3.98. The van der Waals surface area contributed by atoms with E-state index < -0.39 is 34.6 Å². The van der Waals surface area contributed by atoms with Gasteiger partial charge in [0.2, 0.25) is 10.0 Å². The molecule has 1 aromatic carbocycles. The van der Waals surface area contributed by atoms with Gasteiger partial charge >= 0.3 is 12.1 Å². The summed E-state index contributed by atoms with van der Waals surface area (Å²) < 4.78 is 68.7. The van der Waals surface area contributed by atoms with Crippen LogP contribution in [0.2, 0.25) is 0 Å². The van der Waals surface area contributed by atoms with Gasteiger partial charge in [-0.1, -0.05) is 0 Å². The number of hydrogen-bond donors (Lipinski definition) is 0. The van der Waals surface area contributed by atoms with E-state index in [0.717, 1.165) is 4.31 Å². The first-order valence-electron chi connectivity index (χ1n) is 6.91. The first-order chi connectivity index (χ1) is 10.7. The van der Waals surface area contributed by atoms with Gasteiger partial charge in [0.05, 0.1) is 23.5 Å². The van der Waals surface area contributed by atoms with Gasteiger partial charge in [0, 0.05) is 13.1 Å². The molecule has 0 saturated carbocycles. The Morgan fingerprint density at radius 2 is 1.87 bits per heavy atom. The van der Waals surface area contributed by atoms with Crippen LogP contribution in [0, 0.1) is 5.92 Å². The molecule has 2 rings (SSSR count). The van der Waals surface area contributed by atoms with Crippen molar-refractivity contribution in [3.63, 3.8) is 0 Å². The van der Waals surface area contributed by atoms with Gasteiger partial charge in [0.15, 0.2) is 0 Å². The molecular formula is C14H16F3NO4S. The maximum absolute atomic E-state index is 12.8. The number of piperidine rings is 1. The first kappa shape index (κ1) is 17.7. The lowest BCUT2D eigenvalue weighted by Crippen LogP contribution is -2.44. The molecule has 128 valence electrons. The van der Waals surface area contributed by atoms with Crippen LogP contribution in [-0.4, -0.2) is 45.1 Å². The largest absolute Gasteiger partial charge is 0.465 e. The molecule has 0 amide bonds. The molecule has 0 N–H and O–H groups in total. The summed E-state index contributed by atoms with van der Waals surface area (Å²) in [5.41, 5.74) is 0.165. The summed E-state index contributed by atoms with van der Waals surface area (Å²) in [5, 5.41) is 0. The molecule has 0 aromatic heterocycles. The zero-order valence-electron chi connectivity index (χ0n) is 12.3. The highest BCUT2D eigenvalue weighted by Gasteiger charge is 2.44. The Labute approximate surface area is 132 Å². The standard InChI is InChI=1S/C14H16F3NO4S/c1-22-13(19)10-4-6-12(7-5-10)23(20,21)18-8-2-3-11(9-18)14(15,16)17/h4-7,11H,2-3,8-9H2,1H3/t11-/m1/s1. The van der Waals surface area contributed by atoms with Crippen LogP contribution in [0.5, 0.6) is 0 Å². The van der Waals surface area contributed by atoms with E-state index in [1.165, 1.54) is 31.4 Å². The lowest BCUT2D eigenvalue weighted by molar-refractivity contribution is -0.182. The van der Waals surface area contributed by atoms with Gasteiger partial charge in [0.1, 0.15) is 0 Å². The van der Waals surface area contributed by atoms with E-state index in [4.69, 9.17) is 0 Å². The van der Waals surface area contributed by atoms with Crippen molar-refractivity contribution in [2.75, 3.05) is 20.2 Å².